The van der Waals surface area contributed by atoms with Crippen molar-refractivity contribution >= 4 is 22.0 Å². The first kappa shape index (κ1) is 15.6. The number of nitrogens with zero attached hydrogens (tertiary/aromatic N) is 1. The summed E-state index contributed by atoms with van der Waals surface area (Å²) in [6.07, 6.45) is -0.265. The highest BCUT2D eigenvalue weighted by atomic mass is 79.9. The molecule has 1 N–H and O–H groups in total. The molecule has 0 aliphatic carbocycles. The second kappa shape index (κ2) is 5.42. The summed E-state index contributed by atoms with van der Waals surface area (Å²) in [6.45, 7) is 8.09. The van der Waals surface area contributed by atoms with Crippen LogP contribution in [0, 0.1) is 0 Å². The molecule has 2 heterocycles. The number of hydrogen-bond acceptors (Lipinski definition) is 4. The molecule has 1 fully saturated rings. The van der Waals surface area contributed by atoms with Crippen molar-refractivity contribution in [2.75, 3.05) is 26.2 Å². The van der Waals surface area contributed by atoms with Crippen LogP contribution in [-0.2, 0) is 10.3 Å². The number of halogens is 1. The van der Waals surface area contributed by atoms with Gasteiger partial charge in [0.25, 0.3) is 0 Å². The number of amides is 1. The number of fused-ring (bicyclic) bond motifs is 2. The summed E-state index contributed by atoms with van der Waals surface area (Å²) in [4.78, 5) is 14.1. The van der Waals surface area contributed by atoms with E-state index in [4.69, 9.17) is 9.47 Å². The van der Waals surface area contributed by atoms with Crippen LogP contribution in [0.1, 0.15) is 26.3 Å². The third-order valence-corrected chi connectivity index (χ3v) is 4.38. The van der Waals surface area contributed by atoms with Gasteiger partial charge in [-0.1, -0.05) is 22.0 Å². The highest BCUT2D eigenvalue weighted by Crippen LogP contribution is 2.40. The maximum atomic E-state index is 12.3. The molecule has 0 aromatic heterocycles. The van der Waals surface area contributed by atoms with Crippen molar-refractivity contribution in [3.05, 3.63) is 28.2 Å². The molecule has 2 aliphatic heterocycles. The van der Waals surface area contributed by atoms with Crippen molar-refractivity contribution in [2.45, 2.75) is 31.9 Å². The van der Waals surface area contributed by atoms with E-state index in [1.54, 1.807) is 4.90 Å². The van der Waals surface area contributed by atoms with E-state index in [2.05, 4.69) is 27.3 Å². The van der Waals surface area contributed by atoms with E-state index in [9.17, 15) is 4.79 Å². The molecule has 5 nitrogen and oxygen atoms in total. The highest BCUT2D eigenvalue weighted by Gasteiger charge is 2.45. The molecular weight excluding hydrogens is 348 g/mol. The quantitative estimate of drug-likeness (QED) is 0.764. The molecule has 3 rings (SSSR count). The molecule has 1 atom stereocenters. The average molecular weight is 369 g/mol. The van der Waals surface area contributed by atoms with Gasteiger partial charge in [-0.05, 0) is 32.9 Å². The van der Waals surface area contributed by atoms with E-state index in [1.807, 2.05) is 32.9 Å². The molecule has 1 aromatic carbocycles. The van der Waals surface area contributed by atoms with Gasteiger partial charge >= 0.3 is 6.09 Å². The number of ether oxygens (including phenoxy) is 2. The normalized spacial score (nSPS) is 24.1. The molecule has 1 saturated heterocycles. The van der Waals surface area contributed by atoms with Crippen LogP contribution >= 0.6 is 15.9 Å². The molecule has 0 radical (unpaired) electrons. The topological polar surface area (TPSA) is 50.8 Å². The smallest absolute Gasteiger partial charge is 0.410 e. The van der Waals surface area contributed by atoms with E-state index in [1.165, 1.54) is 0 Å². The lowest BCUT2D eigenvalue weighted by molar-refractivity contribution is 0.00996. The summed E-state index contributed by atoms with van der Waals surface area (Å²) >= 11 is 3.46. The minimum atomic E-state index is -0.482. The Morgan fingerprint density at radius 2 is 2.23 bits per heavy atom. The molecule has 2 aliphatic rings. The largest absolute Gasteiger partial charge is 0.491 e. The summed E-state index contributed by atoms with van der Waals surface area (Å²) in [5.41, 5.74) is 0.277. The van der Waals surface area contributed by atoms with Crippen LogP contribution in [0.4, 0.5) is 4.79 Å². The van der Waals surface area contributed by atoms with Gasteiger partial charge in [0.1, 0.15) is 18.0 Å². The van der Waals surface area contributed by atoms with Crippen LogP contribution in [0.3, 0.4) is 0 Å². The average Bonchev–Trinajstić information content (AvgIpc) is 2.75. The lowest BCUT2D eigenvalue weighted by Gasteiger charge is -2.40. The van der Waals surface area contributed by atoms with Crippen LogP contribution < -0.4 is 10.1 Å². The summed E-state index contributed by atoms with van der Waals surface area (Å²) in [6, 6.07) is 6.03. The standard InChI is InChI=1S/C16H21BrN2O3/c1-15(2,3)22-14(20)19-7-6-18-16(9-19)10-21-13-8-11(17)4-5-12(13)16/h4-5,8,18H,6-7,9-10H2,1-3H3. The maximum Gasteiger partial charge on any atom is 0.410 e. The van der Waals surface area contributed by atoms with Gasteiger partial charge in [-0.25, -0.2) is 4.79 Å². The Kier molecular flexibility index (Phi) is 3.85. The van der Waals surface area contributed by atoms with E-state index >= 15 is 0 Å². The number of rotatable bonds is 0. The zero-order chi connectivity index (χ0) is 16.0. The number of nitrogens with one attached hydrogen (secondary N) is 1. The van der Waals surface area contributed by atoms with Crippen molar-refractivity contribution in [3.63, 3.8) is 0 Å². The fourth-order valence-corrected chi connectivity index (χ4v) is 3.28. The van der Waals surface area contributed by atoms with Crippen LogP contribution in [0.2, 0.25) is 0 Å². The van der Waals surface area contributed by atoms with Gasteiger partial charge in [0.05, 0.1) is 5.54 Å². The summed E-state index contributed by atoms with van der Waals surface area (Å²) in [7, 11) is 0. The highest BCUT2D eigenvalue weighted by molar-refractivity contribution is 9.10. The SMILES string of the molecule is CC(C)(C)OC(=O)N1CCNC2(COc3cc(Br)ccc32)C1. The Hall–Kier alpha value is -1.27. The second-order valence-electron chi connectivity index (χ2n) is 6.84. The fourth-order valence-electron chi connectivity index (χ4n) is 2.94. The molecule has 0 bridgehead atoms. The van der Waals surface area contributed by atoms with E-state index in [0.717, 1.165) is 22.3 Å². The van der Waals surface area contributed by atoms with Crippen molar-refractivity contribution < 1.29 is 14.3 Å². The third kappa shape index (κ3) is 2.94. The first-order chi connectivity index (χ1) is 10.3. The summed E-state index contributed by atoms with van der Waals surface area (Å²) in [5.74, 6) is 0.868. The van der Waals surface area contributed by atoms with Gasteiger partial charge in [0, 0.05) is 29.7 Å². The molecule has 1 amide bonds. The first-order valence-electron chi connectivity index (χ1n) is 7.45. The van der Waals surface area contributed by atoms with E-state index in [0.29, 0.717) is 19.7 Å². The zero-order valence-electron chi connectivity index (χ0n) is 13.1. The molecular formula is C16H21BrN2O3. The minimum Gasteiger partial charge on any atom is -0.491 e. The molecule has 120 valence electrons. The lowest BCUT2D eigenvalue weighted by atomic mass is 9.90. The van der Waals surface area contributed by atoms with E-state index < -0.39 is 5.60 Å². The van der Waals surface area contributed by atoms with Gasteiger partial charge in [0.2, 0.25) is 0 Å². The lowest BCUT2D eigenvalue weighted by Crippen LogP contribution is -2.60. The number of benzene rings is 1. The van der Waals surface area contributed by atoms with Gasteiger partial charge in [-0.2, -0.15) is 0 Å². The van der Waals surface area contributed by atoms with Crippen molar-refractivity contribution in [1.29, 1.82) is 0 Å². The number of carbonyl (C=O) groups excluding carboxylic acids is 1. The number of carbonyl (C=O) groups is 1. The Bertz CT molecular complexity index is 600. The Morgan fingerprint density at radius 3 is 2.95 bits per heavy atom. The number of piperazine rings is 1. The predicted octanol–water partition coefficient (Wildman–Crippen LogP) is 2.88. The molecule has 6 heteroatoms. The summed E-state index contributed by atoms with van der Waals surface area (Å²) in [5, 5.41) is 3.53. The monoisotopic (exact) mass is 368 g/mol. The summed E-state index contributed by atoms with van der Waals surface area (Å²) < 4.78 is 12.3. The van der Waals surface area contributed by atoms with Gasteiger partial charge in [-0.15, -0.1) is 0 Å². The predicted molar refractivity (Wildman–Crippen MR) is 87.1 cm³/mol. The van der Waals surface area contributed by atoms with Crippen LogP contribution in [0.25, 0.3) is 0 Å². The van der Waals surface area contributed by atoms with Crippen molar-refractivity contribution in [3.8, 4) is 5.75 Å². The molecule has 1 spiro atoms. The Balaban J connectivity index is 1.81. The maximum absolute atomic E-state index is 12.3. The molecule has 1 aromatic rings. The second-order valence-corrected chi connectivity index (χ2v) is 7.76. The molecule has 22 heavy (non-hydrogen) atoms. The Labute approximate surface area is 139 Å². The van der Waals surface area contributed by atoms with Gasteiger partial charge in [-0.3, -0.25) is 0 Å². The zero-order valence-corrected chi connectivity index (χ0v) is 14.7. The van der Waals surface area contributed by atoms with Crippen LogP contribution in [0.15, 0.2) is 22.7 Å². The third-order valence-electron chi connectivity index (χ3n) is 3.89. The minimum absolute atomic E-state index is 0.265. The van der Waals surface area contributed by atoms with Crippen molar-refractivity contribution in [2.24, 2.45) is 0 Å². The fraction of sp³-hybridized carbons (Fsp3) is 0.562. The van der Waals surface area contributed by atoms with Gasteiger partial charge in [0.15, 0.2) is 0 Å². The van der Waals surface area contributed by atoms with Crippen molar-refractivity contribution in [1.82, 2.24) is 10.2 Å². The molecule has 0 saturated carbocycles. The number of hydrogen-bond donors (Lipinski definition) is 1. The van der Waals surface area contributed by atoms with E-state index in [-0.39, 0.29) is 11.6 Å². The van der Waals surface area contributed by atoms with Gasteiger partial charge < -0.3 is 19.7 Å². The first-order valence-corrected chi connectivity index (χ1v) is 8.24. The molecule has 1 unspecified atom stereocenters. The Morgan fingerprint density at radius 1 is 1.45 bits per heavy atom. The van der Waals surface area contributed by atoms with Crippen LogP contribution in [0.5, 0.6) is 5.75 Å². The van der Waals surface area contributed by atoms with Crippen LogP contribution in [-0.4, -0.2) is 42.8 Å².